The molecule has 0 spiro atoms. The molecule has 2 aromatic carbocycles. The minimum atomic E-state index is -0.268. The van der Waals surface area contributed by atoms with Crippen LogP contribution in [0, 0.1) is 0 Å². The average molecular weight is 368 g/mol. The number of carbonyl (C=O) groups excluding carboxylic acids is 1. The third-order valence-corrected chi connectivity index (χ3v) is 4.16. The molecule has 0 radical (unpaired) electrons. The topological polar surface area (TPSA) is 59.9 Å². The number of nitrogens with one attached hydrogen (secondary N) is 1. The van der Waals surface area contributed by atoms with Crippen molar-refractivity contribution in [2.45, 2.75) is 39.7 Å². The van der Waals surface area contributed by atoms with Gasteiger partial charge in [0, 0.05) is 12.1 Å². The molecule has 1 amide bonds. The van der Waals surface area contributed by atoms with E-state index >= 15 is 0 Å². The van der Waals surface area contributed by atoms with E-state index in [4.69, 9.17) is 9.57 Å². The van der Waals surface area contributed by atoms with Crippen LogP contribution in [0.5, 0.6) is 5.75 Å². The highest BCUT2D eigenvalue weighted by molar-refractivity contribution is 6.45. The molecule has 5 nitrogen and oxygen atoms in total. The van der Waals surface area contributed by atoms with Crippen molar-refractivity contribution in [3.05, 3.63) is 65.2 Å². The second kappa shape index (κ2) is 11.0. The van der Waals surface area contributed by atoms with Gasteiger partial charge in [0.1, 0.15) is 19.5 Å². The number of aryl methyl sites for hydroxylation is 1. The van der Waals surface area contributed by atoms with Crippen LogP contribution in [0.25, 0.3) is 0 Å². The van der Waals surface area contributed by atoms with E-state index in [-0.39, 0.29) is 11.6 Å². The Hall–Kier alpha value is -2.82. The Kier molecular flexibility index (Phi) is 8.36. The zero-order valence-corrected chi connectivity index (χ0v) is 16.3. The zero-order chi connectivity index (χ0) is 19.5. The molecule has 0 heterocycles. The normalized spacial score (nSPS) is 11.1. The monoisotopic (exact) mass is 368 g/mol. The van der Waals surface area contributed by atoms with Crippen molar-refractivity contribution in [2.75, 3.05) is 13.7 Å². The first-order chi connectivity index (χ1) is 13.2. The summed E-state index contributed by atoms with van der Waals surface area (Å²) in [6.45, 7) is 4.91. The Bertz CT molecular complexity index is 772. The number of benzene rings is 2. The second-order valence-corrected chi connectivity index (χ2v) is 6.14. The van der Waals surface area contributed by atoms with Crippen LogP contribution >= 0.6 is 0 Å². The van der Waals surface area contributed by atoms with Crippen molar-refractivity contribution in [1.29, 1.82) is 0 Å². The van der Waals surface area contributed by atoms with Crippen LogP contribution in [0.3, 0.4) is 0 Å². The molecule has 0 atom stereocenters. The molecule has 0 aromatic heterocycles. The molecule has 2 rings (SSSR count). The van der Waals surface area contributed by atoms with Gasteiger partial charge in [0.15, 0.2) is 5.71 Å². The maximum atomic E-state index is 12.4. The zero-order valence-electron chi connectivity index (χ0n) is 16.3. The summed E-state index contributed by atoms with van der Waals surface area (Å²) >= 11 is 0. The van der Waals surface area contributed by atoms with E-state index in [2.05, 4.69) is 23.5 Å². The Morgan fingerprint density at radius 1 is 1.04 bits per heavy atom. The summed E-state index contributed by atoms with van der Waals surface area (Å²) in [5, 5.41) is 6.71. The number of likely N-dealkylation sites (N-methyl/N-ethyl adjacent to an activating group) is 1. The first-order valence-electron chi connectivity index (χ1n) is 9.39. The third kappa shape index (κ3) is 5.84. The number of carbonyl (C=O) groups is 1. The fraction of sp³-hybridized carbons (Fsp3) is 0.364. The lowest BCUT2D eigenvalue weighted by atomic mass is 10.0. The number of ether oxygens (including phenoxy) is 1. The van der Waals surface area contributed by atoms with Crippen LogP contribution in [0.2, 0.25) is 0 Å². The van der Waals surface area contributed by atoms with Crippen molar-refractivity contribution >= 4 is 11.6 Å². The first kappa shape index (κ1) is 20.5. The van der Waals surface area contributed by atoms with E-state index in [0.717, 1.165) is 30.6 Å². The lowest BCUT2D eigenvalue weighted by molar-refractivity contribution is -0.114. The van der Waals surface area contributed by atoms with E-state index in [0.29, 0.717) is 18.7 Å². The van der Waals surface area contributed by atoms with Crippen LogP contribution in [0.4, 0.5) is 0 Å². The molecule has 27 heavy (non-hydrogen) atoms. The molecule has 2 aromatic rings. The minimum absolute atomic E-state index is 0.248. The van der Waals surface area contributed by atoms with Gasteiger partial charge in [-0.1, -0.05) is 61.0 Å². The third-order valence-electron chi connectivity index (χ3n) is 4.16. The van der Waals surface area contributed by atoms with E-state index in [9.17, 15) is 4.79 Å². The van der Waals surface area contributed by atoms with Gasteiger partial charge in [0.25, 0.3) is 5.91 Å². The lowest BCUT2D eigenvalue weighted by Crippen LogP contribution is -2.32. The molecule has 0 aliphatic carbocycles. The van der Waals surface area contributed by atoms with E-state index in [1.54, 1.807) is 0 Å². The van der Waals surface area contributed by atoms with Gasteiger partial charge in [-0.15, -0.1) is 0 Å². The van der Waals surface area contributed by atoms with E-state index < -0.39 is 0 Å². The summed E-state index contributed by atoms with van der Waals surface area (Å²) in [5.74, 6) is 0.610. The summed E-state index contributed by atoms with van der Waals surface area (Å²) < 4.78 is 6.10. The Balaban J connectivity index is 2.24. The number of nitrogens with zero attached hydrogens (tertiary/aromatic N) is 1. The molecule has 1 N–H and O–H groups in total. The average Bonchev–Trinajstić information content (AvgIpc) is 2.70. The standard InChI is InChI=1S/C22H28N2O3/c1-4-6-11-17-12-8-10-15-20(17)27-16-18-13-7-9-14-19(18)21(24-26-3)22(25)23-5-2/h7-10,12-15H,4-6,11,16H2,1-3H3,(H,23,25)/b24-21-. The van der Waals surface area contributed by atoms with Crippen molar-refractivity contribution in [2.24, 2.45) is 5.16 Å². The maximum absolute atomic E-state index is 12.4. The molecule has 5 heteroatoms. The highest BCUT2D eigenvalue weighted by Crippen LogP contribution is 2.22. The van der Waals surface area contributed by atoms with Gasteiger partial charge in [-0.3, -0.25) is 4.79 Å². The van der Waals surface area contributed by atoms with Gasteiger partial charge in [0.05, 0.1) is 0 Å². The maximum Gasteiger partial charge on any atom is 0.273 e. The summed E-state index contributed by atoms with van der Waals surface area (Å²) in [7, 11) is 1.43. The van der Waals surface area contributed by atoms with E-state index in [1.165, 1.54) is 12.7 Å². The number of hydrogen-bond acceptors (Lipinski definition) is 4. The number of hydrogen-bond donors (Lipinski definition) is 1. The highest BCUT2D eigenvalue weighted by atomic mass is 16.6. The van der Waals surface area contributed by atoms with Crippen LogP contribution in [0.15, 0.2) is 53.7 Å². The summed E-state index contributed by atoms with van der Waals surface area (Å²) in [6.07, 6.45) is 3.25. The minimum Gasteiger partial charge on any atom is -0.489 e. The number of unbranched alkanes of at least 4 members (excludes halogenated alkanes) is 1. The van der Waals surface area contributed by atoms with Crippen LogP contribution < -0.4 is 10.1 Å². The van der Waals surface area contributed by atoms with Gasteiger partial charge in [-0.25, -0.2) is 0 Å². The number of oxime groups is 1. The lowest BCUT2D eigenvalue weighted by Gasteiger charge is -2.14. The van der Waals surface area contributed by atoms with Crippen molar-refractivity contribution in [3.63, 3.8) is 0 Å². The molecule has 0 unspecified atom stereocenters. The van der Waals surface area contributed by atoms with Crippen molar-refractivity contribution in [1.82, 2.24) is 5.32 Å². The molecule has 144 valence electrons. The SMILES string of the molecule is CCCCc1ccccc1OCc1ccccc1/C(=N/OC)C(=O)NCC. The van der Waals surface area contributed by atoms with Gasteiger partial charge in [0.2, 0.25) is 0 Å². The summed E-state index contributed by atoms with van der Waals surface area (Å²) in [5.41, 5.74) is 3.03. The quantitative estimate of drug-likeness (QED) is 0.507. The predicted octanol–water partition coefficient (Wildman–Crippen LogP) is 4.09. The van der Waals surface area contributed by atoms with Crippen LogP contribution in [-0.4, -0.2) is 25.3 Å². The van der Waals surface area contributed by atoms with Crippen molar-refractivity contribution in [3.8, 4) is 5.75 Å². The summed E-state index contributed by atoms with van der Waals surface area (Å²) in [4.78, 5) is 17.3. The van der Waals surface area contributed by atoms with Gasteiger partial charge in [-0.2, -0.15) is 0 Å². The number of para-hydroxylation sites is 1. The molecule has 0 bridgehead atoms. The molecule has 0 aliphatic heterocycles. The number of amides is 1. The van der Waals surface area contributed by atoms with E-state index in [1.807, 2.05) is 49.4 Å². The molecule has 0 fully saturated rings. The van der Waals surface area contributed by atoms with Crippen LogP contribution in [0.1, 0.15) is 43.4 Å². The highest BCUT2D eigenvalue weighted by Gasteiger charge is 2.18. The summed E-state index contributed by atoms with van der Waals surface area (Å²) in [6, 6.07) is 15.7. The predicted molar refractivity (Wildman–Crippen MR) is 108 cm³/mol. The fourth-order valence-corrected chi connectivity index (χ4v) is 2.80. The number of rotatable bonds is 10. The first-order valence-corrected chi connectivity index (χ1v) is 9.39. The molecule has 0 aliphatic rings. The van der Waals surface area contributed by atoms with Crippen molar-refractivity contribution < 1.29 is 14.4 Å². The fourth-order valence-electron chi connectivity index (χ4n) is 2.80. The Labute approximate surface area is 161 Å². The second-order valence-electron chi connectivity index (χ2n) is 6.14. The smallest absolute Gasteiger partial charge is 0.273 e. The van der Waals surface area contributed by atoms with Crippen LogP contribution in [-0.2, 0) is 22.7 Å². The Morgan fingerprint density at radius 2 is 1.74 bits per heavy atom. The molecular weight excluding hydrogens is 340 g/mol. The van der Waals surface area contributed by atoms with Gasteiger partial charge in [-0.05, 0) is 37.0 Å². The molecule has 0 saturated heterocycles. The van der Waals surface area contributed by atoms with Gasteiger partial charge >= 0.3 is 0 Å². The molecular formula is C22H28N2O3. The van der Waals surface area contributed by atoms with Gasteiger partial charge < -0.3 is 14.9 Å². The molecule has 0 saturated carbocycles. The Morgan fingerprint density at radius 3 is 2.44 bits per heavy atom. The largest absolute Gasteiger partial charge is 0.489 e.